The van der Waals surface area contributed by atoms with Gasteiger partial charge in [0.2, 0.25) is 6.33 Å². The van der Waals surface area contributed by atoms with Gasteiger partial charge in [-0.3, -0.25) is 4.98 Å². The number of nitrogens with one attached hydrogen (secondary N) is 1. The quantitative estimate of drug-likeness (QED) is 0.610. The molecule has 2 nitrogen and oxygen atoms in total. The van der Waals surface area contributed by atoms with E-state index in [0.717, 1.165) is 12.5 Å². The van der Waals surface area contributed by atoms with Crippen molar-refractivity contribution in [2.24, 2.45) is 5.92 Å². The number of hydrogen-bond donors (Lipinski definition) is 1. The van der Waals surface area contributed by atoms with Crippen molar-refractivity contribution in [3.8, 4) is 0 Å². The van der Waals surface area contributed by atoms with E-state index in [-0.39, 0.29) is 0 Å². The van der Waals surface area contributed by atoms with Crippen LogP contribution in [0, 0.1) is 5.92 Å². The van der Waals surface area contributed by atoms with E-state index in [0.29, 0.717) is 0 Å². The van der Waals surface area contributed by atoms with Gasteiger partial charge in [0.25, 0.3) is 0 Å². The Morgan fingerprint density at radius 1 is 1.50 bits per heavy atom. The monoisotopic (exact) mass is 139 g/mol. The summed E-state index contributed by atoms with van der Waals surface area (Å²) < 4.78 is 2.17. The molecule has 0 fully saturated rings. The highest BCUT2D eigenvalue weighted by Crippen LogP contribution is 1.97. The molecule has 0 bridgehead atoms. The van der Waals surface area contributed by atoms with Gasteiger partial charge in [-0.25, -0.2) is 4.57 Å². The highest BCUT2D eigenvalue weighted by atomic mass is 15.0. The van der Waals surface area contributed by atoms with Crippen LogP contribution < -0.4 is 4.57 Å². The zero-order valence-electron chi connectivity index (χ0n) is 6.67. The molecule has 1 aromatic heterocycles. The van der Waals surface area contributed by atoms with Crippen molar-refractivity contribution >= 4 is 0 Å². The van der Waals surface area contributed by atoms with Gasteiger partial charge in [0.05, 0.1) is 6.54 Å². The molecule has 0 saturated heterocycles. The number of rotatable bonds is 3. The highest BCUT2D eigenvalue weighted by Gasteiger charge is 1.98. The summed E-state index contributed by atoms with van der Waals surface area (Å²) in [7, 11) is 0. The zero-order valence-corrected chi connectivity index (χ0v) is 6.67. The fourth-order valence-electron chi connectivity index (χ4n) is 0.867. The summed E-state index contributed by atoms with van der Waals surface area (Å²) in [6, 6.07) is 0. The van der Waals surface area contributed by atoms with Gasteiger partial charge in [-0.1, -0.05) is 13.8 Å². The van der Waals surface area contributed by atoms with Crippen molar-refractivity contribution in [1.29, 1.82) is 0 Å². The molecule has 0 aliphatic rings. The lowest BCUT2D eigenvalue weighted by Crippen LogP contribution is -2.30. The van der Waals surface area contributed by atoms with Gasteiger partial charge >= 0.3 is 0 Å². The minimum atomic E-state index is 0.794. The molecule has 0 aromatic carbocycles. The number of imidazole rings is 1. The van der Waals surface area contributed by atoms with E-state index >= 15 is 0 Å². The smallest absolute Gasteiger partial charge is 0.241 e. The predicted octanol–water partition coefficient (Wildman–Crippen LogP) is 1.35. The van der Waals surface area contributed by atoms with Crippen molar-refractivity contribution in [2.75, 3.05) is 0 Å². The van der Waals surface area contributed by atoms with Gasteiger partial charge < -0.3 is 0 Å². The maximum absolute atomic E-state index is 3.02. The molecule has 0 unspecified atom stereocenters. The summed E-state index contributed by atoms with van der Waals surface area (Å²) in [6.45, 7) is 5.61. The summed E-state index contributed by atoms with van der Waals surface area (Å²) in [5.74, 6) is 0.794. The second kappa shape index (κ2) is 3.40. The second-order valence-electron chi connectivity index (χ2n) is 3.03. The first-order valence-electron chi connectivity index (χ1n) is 3.81. The highest BCUT2D eigenvalue weighted by molar-refractivity contribution is 4.55. The zero-order chi connectivity index (χ0) is 7.40. The molecule has 10 heavy (non-hydrogen) atoms. The molecule has 0 radical (unpaired) electrons. The Bertz CT molecular complexity index is 165. The number of H-pyrrole nitrogens is 1. The maximum atomic E-state index is 3.02. The number of aryl methyl sites for hydroxylation is 1. The van der Waals surface area contributed by atoms with Crippen LogP contribution in [0.25, 0.3) is 0 Å². The van der Waals surface area contributed by atoms with E-state index in [9.17, 15) is 0 Å². The summed E-state index contributed by atoms with van der Waals surface area (Å²) in [6.07, 6.45) is 7.24. The molecular weight excluding hydrogens is 124 g/mol. The summed E-state index contributed by atoms with van der Waals surface area (Å²) in [5.41, 5.74) is 0. The molecule has 0 aliphatic carbocycles. The van der Waals surface area contributed by atoms with E-state index in [1.807, 2.05) is 12.5 Å². The molecule has 1 N–H and O–H groups in total. The average Bonchev–Trinajstić information content (AvgIpc) is 2.34. The Hall–Kier alpha value is -0.790. The van der Waals surface area contributed by atoms with E-state index < -0.39 is 0 Å². The Kier molecular flexibility index (Phi) is 2.49. The molecular formula is C8H15N2+. The summed E-state index contributed by atoms with van der Waals surface area (Å²) in [4.78, 5) is 3.02. The third-order valence-electron chi connectivity index (χ3n) is 1.57. The van der Waals surface area contributed by atoms with Gasteiger partial charge in [0.1, 0.15) is 12.4 Å². The van der Waals surface area contributed by atoms with Crippen LogP contribution in [0.5, 0.6) is 0 Å². The van der Waals surface area contributed by atoms with Gasteiger partial charge in [0, 0.05) is 0 Å². The number of aromatic amines is 1. The van der Waals surface area contributed by atoms with Crippen LogP contribution >= 0.6 is 0 Å². The van der Waals surface area contributed by atoms with Crippen LogP contribution in [0.2, 0.25) is 0 Å². The Morgan fingerprint density at radius 3 is 2.80 bits per heavy atom. The molecule has 0 atom stereocenters. The van der Waals surface area contributed by atoms with Gasteiger partial charge in [-0.2, -0.15) is 0 Å². The van der Waals surface area contributed by atoms with Crippen molar-refractivity contribution in [3.05, 3.63) is 18.7 Å². The minimum Gasteiger partial charge on any atom is -0.250 e. The molecule has 0 spiro atoms. The summed E-state index contributed by atoms with van der Waals surface area (Å²) in [5, 5.41) is 0. The predicted molar refractivity (Wildman–Crippen MR) is 40.4 cm³/mol. The molecule has 56 valence electrons. The van der Waals surface area contributed by atoms with Crippen LogP contribution in [0.15, 0.2) is 18.7 Å². The van der Waals surface area contributed by atoms with Gasteiger partial charge in [0.15, 0.2) is 0 Å². The van der Waals surface area contributed by atoms with Crippen molar-refractivity contribution < 1.29 is 4.57 Å². The van der Waals surface area contributed by atoms with Crippen LogP contribution in [-0.4, -0.2) is 4.98 Å². The molecule has 1 aromatic rings. The molecule has 0 aliphatic heterocycles. The Labute approximate surface area is 61.9 Å². The third-order valence-corrected chi connectivity index (χ3v) is 1.57. The van der Waals surface area contributed by atoms with Crippen LogP contribution in [0.3, 0.4) is 0 Å². The largest absolute Gasteiger partial charge is 0.250 e. The maximum Gasteiger partial charge on any atom is 0.241 e. The standard InChI is InChI=1S/C8H14N2/c1-8(2)3-5-10-6-4-9-7-10/h4,6-8H,3,5H2,1-2H3/p+1. The van der Waals surface area contributed by atoms with E-state index in [1.165, 1.54) is 6.42 Å². The third kappa shape index (κ3) is 2.21. The van der Waals surface area contributed by atoms with Gasteiger partial charge in [-0.05, 0) is 12.3 Å². The van der Waals surface area contributed by atoms with E-state index in [2.05, 4.69) is 29.6 Å². The fourth-order valence-corrected chi connectivity index (χ4v) is 0.867. The number of nitrogens with zero attached hydrogens (tertiary/aromatic N) is 1. The number of hydrogen-bond acceptors (Lipinski definition) is 0. The van der Waals surface area contributed by atoms with Crippen molar-refractivity contribution in [1.82, 2.24) is 4.98 Å². The van der Waals surface area contributed by atoms with Crippen LogP contribution in [-0.2, 0) is 6.54 Å². The molecule has 0 amide bonds. The molecule has 1 rings (SSSR count). The normalized spacial score (nSPS) is 10.7. The lowest BCUT2D eigenvalue weighted by atomic mass is 10.1. The SMILES string of the molecule is CC(C)CC[n+]1cc[nH]c1. The summed E-state index contributed by atoms with van der Waals surface area (Å²) >= 11 is 0. The first-order chi connectivity index (χ1) is 4.79. The first-order valence-corrected chi connectivity index (χ1v) is 3.81. The van der Waals surface area contributed by atoms with Gasteiger partial charge in [-0.15, -0.1) is 0 Å². The van der Waals surface area contributed by atoms with Crippen LogP contribution in [0.4, 0.5) is 0 Å². The number of aromatic nitrogens is 2. The van der Waals surface area contributed by atoms with E-state index in [4.69, 9.17) is 0 Å². The lowest BCUT2D eigenvalue weighted by Gasteiger charge is -1.99. The molecule has 2 heteroatoms. The second-order valence-corrected chi connectivity index (χ2v) is 3.03. The Morgan fingerprint density at radius 2 is 2.30 bits per heavy atom. The first kappa shape index (κ1) is 7.32. The topological polar surface area (TPSA) is 19.7 Å². The molecule has 1 heterocycles. The van der Waals surface area contributed by atoms with Crippen LogP contribution in [0.1, 0.15) is 20.3 Å². The van der Waals surface area contributed by atoms with Crippen molar-refractivity contribution in [3.63, 3.8) is 0 Å². The lowest BCUT2D eigenvalue weighted by molar-refractivity contribution is -0.696. The average molecular weight is 139 g/mol. The Balaban J connectivity index is 2.28. The molecule has 0 saturated carbocycles. The fraction of sp³-hybridized carbons (Fsp3) is 0.625. The van der Waals surface area contributed by atoms with Crippen molar-refractivity contribution in [2.45, 2.75) is 26.8 Å². The van der Waals surface area contributed by atoms with E-state index in [1.54, 1.807) is 0 Å². The minimum absolute atomic E-state index is 0.794.